The van der Waals surface area contributed by atoms with Gasteiger partial charge in [0.05, 0.1) is 18.2 Å². The molecule has 0 saturated carbocycles. The van der Waals surface area contributed by atoms with Gasteiger partial charge >= 0.3 is 12.4 Å². The largest absolute Gasteiger partial charge is 0.495 e. The highest BCUT2D eigenvalue weighted by Crippen LogP contribution is 2.37. The van der Waals surface area contributed by atoms with Crippen molar-refractivity contribution in [2.75, 3.05) is 19.0 Å². The molecule has 0 unspecified atom stereocenters. The van der Waals surface area contributed by atoms with Crippen molar-refractivity contribution in [1.29, 1.82) is 0 Å². The Morgan fingerprint density at radius 1 is 0.968 bits per heavy atom. The van der Waals surface area contributed by atoms with Crippen LogP contribution in [0.25, 0.3) is 0 Å². The van der Waals surface area contributed by atoms with Crippen LogP contribution in [0, 0.1) is 0 Å². The number of anilines is 1. The minimum atomic E-state index is -5.09. The maximum Gasteiger partial charge on any atom is 0.416 e. The lowest BCUT2D eigenvalue weighted by Gasteiger charge is -2.15. The summed E-state index contributed by atoms with van der Waals surface area (Å²) in [7, 11) is -2.90. The summed E-state index contributed by atoms with van der Waals surface area (Å²) < 4.78 is 110. The van der Waals surface area contributed by atoms with E-state index in [4.69, 9.17) is 4.74 Å². The third kappa shape index (κ3) is 5.88. The van der Waals surface area contributed by atoms with Gasteiger partial charge in [-0.25, -0.2) is 13.1 Å². The van der Waals surface area contributed by atoms with Gasteiger partial charge < -0.3 is 10.1 Å². The summed E-state index contributed by atoms with van der Waals surface area (Å²) in [6.45, 7) is 1.53. The zero-order valence-corrected chi connectivity index (χ0v) is 16.8. The van der Waals surface area contributed by atoms with E-state index in [1.165, 1.54) is 14.0 Å². The Kier molecular flexibility index (Phi) is 6.90. The second-order valence-corrected chi connectivity index (χ2v) is 7.85. The van der Waals surface area contributed by atoms with Crippen molar-refractivity contribution >= 4 is 21.6 Å². The topological polar surface area (TPSA) is 84.5 Å². The van der Waals surface area contributed by atoms with E-state index in [1.807, 2.05) is 5.32 Å². The van der Waals surface area contributed by atoms with Crippen LogP contribution in [0.3, 0.4) is 0 Å². The van der Waals surface area contributed by atoms with Gasteiger partial charge in [0.15, 0.2) is 0 Å². The Bertz CT molecular complexity index is 1050. The zero-order chi connectivity index (χ0) is 23.6. The summed E-state index contributed by atoms with van der Waals surface area (Å²) in [6.07, 6.45) is -10.2. The molecule has 2 aromatic carbocycles. The number of hydrogen-bond donors (Lipinski definition) is 2. The summed E-state index contributed by atoms with van der Waals surface area (Å²) in [4.78, 5) is 12.0. The van der Waals surface area contributed by atoms with Crippen molar-refractivity contribution in [2.45, 2.75) is 24.2 Å². The molecule has 0 atom stereocenters. The van der Waals surface area contributed by atoms with Crippen molar-refractivity contribution in [2.24, 2.45) is 0 Å². The fourth-order valence-electron chi connectivity index (χ4n) is 2.53. The first-order valence-corrected chi connectivity index (χ1v) is 9.96. The van der Waals surface area contributed by atoms with Crippen LogP contribution in [-0.2, 0) is 22.4 Å². The summed E-state index contributed by atoms with van der Waals surface area (Å²) >= 11 is 0. The molecule has 2 N–H and O–H groups in total. The monoisotopic (exact) mass is 470 g/mol. The molecule has 1 amide bonds. The third-order valence-corrected chi connectivity index (χ3v) is 5.46. The van der Waals surface area contributed by atoms with E-state index in [0.29, 0.717) is 12.1 Å². The summed E-state index contributed by atoms with van der Waals surface area (Å²) in [5.74, 6) is -1.24. The van der Waals surface area contributed by atoms with Crippen molar-refractivity contribution in [1.82, 2.24) is 4.72 Å². The van der Waals surface area contributed by atoms with Gasteiger partial charge in [0.1, 0.15) is 10.6 Å². The first-order chi connectivity index (χ1) is 14.2. The fourth-order valence-corrected chi connectivity index (χ4v) is 3.76. The number of sulfonamides is 1. The molecule has 0 heterocycles. The van der Waals surface area contributed by atoms with Crippen molar-refractivity contribution in [3.63, 3.8) is 0 Å². The van der Waals surface area contributed by atoms with Crippen LogP contribution in [-0.4, -0.2) is 28.0 Å². The maximum absolute atomic E-state index is 13.0. The van der Waals surface area contributed by atoms with Crippen molar-refractivity contribution < 1.29 is 44.3 Å². The first-order valence-electron chi connectivity index (χ1n) is 8.47. The third-order valence-electron chi connectivity index (χ3n) is 3.90. The smallest absolute Gasteiger partial charge is 0.416 e. The molecule has 6 nitrogen and oxygen atoms in total. The van der Waals surface area contributed by atoms with Crippen LogP contribution in [0.4, 0.5) is 32.0 Å². The Labute approximate surface area is 173 Å². The average Bonchev–Trinajstić information content (AvgIpc) is 2.65. The number of ether oxygens (including phenoxy) is 1. The molecule has 13 heteroatoms. The number of alkyl halides is 6. The minimum Gasteiger partial charge on any atom is -0.495 e. The number of nitrogens with one attached hydrogen (secondary N) is 2. The average molecular weight is 470 g/mol. The van der Waals surface area contributed by atoms with Crippen LogP contribution < -0.4 is 14.8 Å². The molecule has 0 spiro atoms. The Balaban J connectivity index is 2.48. The summed E-state index contributed by atoms with van der Waals surface area (Å²) in [5.41, 5.74) is -4.31. The molecule has 0 aromatic heterocycles. The molecule has 0 aliphatic rings. The number of hydrogen-bond acceptors (Lipinski definition) is 4. The lowest BCUT2D eigenvalue weighted by molar-refractivity contribution is -0.143. The predicted octanol–water partition coefficient (Wildman–Crippen LogP) is 4.28. The van der Waals surface area contributed by atoms with E-state index in [1.54, 1.807) is 0 Å². The summed E-state index contributed by atoms with van der Waals surface area (Å²) in [5, 5.41) is 1.94. The van der Waals surface area contributed by atoms with Gasteiger partial charge in [0.2, 0.25) is 10.0 Å². The van der Waals surface area contributed by atoms with Gasteiger partial charge in [-0.3, -0.25) is 4.79 Å². The number of halogens is 6. The van der Waals surface area contributed by atoms with Crippen LogP contribution in [0.1, 0.15) is 28.4 Å². The molecule has 0 aliphatic heterocycles. The number of rotatable bonds is 6. The maximum atomic E-state index is 13.0. The highest BCUT2D eigenvalue weighted by atomic mass is 32.2. The van der Waals surface area contributed by atoms with Gasteiger partial charge in [-0.2, -0.15) is 26.3 Å². The van der Waals surface area contributed by atoms with Gasteiger partial charge in [0, 0.05) is 17.8 Å². The minimum absolute atomic E-state index is 0.0202. The molecule has 0 radical (unpaired) electrons. The molecule has 31 heavy (non-hydrogen) atoms. The second-order valence-electron chi connectivity index (χ2n) is 6.12. The predicted molar refractivity (Wildman–Crippen MR) is 98.3 cm³/mol. The lowest BCUT2D eigenvalue weighted by atomic mass is 10.1. The van der Waals surface area contributed by atoms with E-state index >= 15 is 0 Å². The molecule has 0 saturated heterocycles. The first kappa shape index (κ1) is 24.5. The Morgan fingerprint density at radius 2 is 1.52 bits per heavy atom. The molecule has 0 bridgehead atoms. The van der Waals surface area contributed by atoms with Crippen molar-refractivity contribution in [3.8, 4) is 5.75 Å². The highest BCUT2D eigenvalue weighted by Gasteiger charge is 2.37. The van der Waals surface area contributed by atoms with Crippen LogP contribution in [0.15, 0.2) is 41.3 Å². The fraction of sp³-hybridized carbons (Fsp3) is 0.278. The number of benzene rings is 2. The molecular formula is C18H16F6N2O4S. The van der Waals surface area contributed by atoms with Crippen LogP contribution in [0.2, 0.25) is 0 Å². The highest BCUT2D eigenvalue weighted by molar-refractivity contribution is 7.89. The number of carbonyl (C=O) groups is 1. The van der Waals surface area contributed by atoms with Gasteiger partial charge in [-0.15, -0.1) is 0 Å². The lowest BCUT2D eigenvalue weighted by Crippen LogP contribution is -2.24. The zero-order valence-electron chi connectivity index (χ0n) is 16.0. The van der Waals surface area contributed by atoms with Gasteiger partial charge in [0.25, 0.3) is 5.91 Å². The quantitative estimate of drug-likeness (QED) is 0.618. The van der Waals surface area contributed by atoms with Crippen molar-refractivity contribution in [3.05, 3.63) is 53.1 Å². The standard InChI is InChI=1S/C18H16F6N2O4S/c1-3-25-31(28,29)15-6-10(4-5-14(15)30-2)16(27)26-13-8-11(17(19,20)21)7-12(9-13)18(22,23)24/h4-9,25H,3H2,1-2H3,(H,26,27). The summed E-state index contributed by atoms with van der Waals surface area (Å²) in [6, 6.07) is 3.73. The molecule has 2 aromatic rings. The van der Waals surface area contributed by atoms with Gasteiger partial charge in [-0.1, -0.05) is 6.92 Å². The molecule has 0 fully saturated rings. The Morgan fingerprint density at radius 3 is 1.97 bits per heavy atom. The second kappa shape index (κ2) is 8.75. The van der Waals surface area contributed by atoms with E-state index < -0.39 is 50.0 Å². The van der Waals surface area contributed by atoms with Crippen LogP contribution >= 0.6 is 0 Å². The van der Waals surface area contributed by atoms with E-state index in [-0.39, 0.29) is 23.9 Å². The van der Waals surface area contributed by atoms with E-state index in [9.17, 15) is 39.6 Å². The van der Waals surface area contributed by atoms with E-state index in [0.717, 1.165) is 18.2 Å². The normalized spacial score (nSPS) is 12.5. The SMILES string of the molecule is CCNS(=O)(=O)c1cc(C(=O)Nc2cc(C(F)(F)F)cc(C(F)(F)F)c2)ccc1OC. The number of methoxy groups -OCH3 is 1. The van der Waals surface area contributed by atoms with Crippen LogP contribution in [0.5, 0.6) is 5.75 Å². The molecule has 0 aliphatic carbocycles. The van der Waals surface area contributed by atoms with Gasteiger partial charge in [-0.05, 0) is 36.4 Å². The molecule has 170 valence electrons. The Hall–Kier alpha value is -2.80. The molecule has 2 rings (SSSR count). The number of amides is 1. The van der Waals surface area contributed by atoms with E-state index in [2.05, 4.69) is 4.72 Å². The molecular weight excluding hydrogens is 454 g/mol. The number of carbonyl (C=O) groups excluding carboxylic acids is 1.